The molecule has 2 saturated heterocycles. The van der Waals surface area contributed by atoms with Crippen molar-refractivity contribution in [3.05, 3.63) is 90.5 Å². The summed E-state index contributed by atoms with van der Waals surface area (Å²) in [5, 5.41) is 89.8. The summed E-state index contributed by atoms with van der Waals surface area (Å²) in [4.78, 5) is 84.9. The average Bonchev–Trinajstić information content (AvgIpc) is 1.24. The van der Waals surface area contributed by atoms with Crippen molar-refractivity contribution in [1.29, 1.82) is 0 Å². The van der Waals surface area contributed by atoms with E-state index in [1.165, 1.54) is 38.0 Å². The molecule has 2 aromatic rings. The van der Waals surface area contributed by atoms with Crippen LogP contribution in [0.3, 0.4) is 0 Å². The fraction of sp³-hybridized carbons (Fsp3) is 0.559. The first kappa shape index (κ1) is 63.1. The van der Waals surface area contributed by atoms with Crippen LogP contribution in [-0.2, 0) is 76.5 Å². The first-order valence-corrected chi connectivity index (χ1v) is 28.4. The molecule has 2 aromatic carbocycles. The number of amides is 2. The molecule has 472 valence electrons. The predicted octanol–water partition coefficient (Wildman–Crippen LogP) is 3.05. The number of ketones is 4. The van der Waals surface area contributed by atoms with Gasteiger partial charge in [0, 0.05) is 68.9 Å². The number of hydrogen-bond acceptors (Lipinski definition) is 20. The molecule has 3 saturated carbocycles. The fourth-order valence-electron chi connectivity index (χ4n) is 14.9. The summed E-state index contributed by atoms with van der Waals surface area (Å²) in [5.41, 5.74) is -2.48. The number of carbonyl (C=O) groups excluding carboxylic acids is 6. The van der Waals surface area contributed by atoms with E-state index < -0.39 is 192 Å². The molecule has 9 aliphatic rings. The third kappa shape index (κ3) is 10.5. The monoisotopic (exact) mass is 1230 g/mol. The lowest BCUT2D eigenvalue weighted by molar-refractivity contribution is -0.155. The van der Waals surface area contributed by atoms with Gasteiger partial charge in [-0.3, -0.25) is 48.4 Å². The van der Waals surface area contributed by atoms with Crippen LogP contribution in [-0.4, -0.2) is 199 Å². The molecule has 28 heteroatoms. The zero-order chi connectivity index (χ0) is 63.6. The van der Waals surface area contributed by atoms with Gasteiger partial charge in [0.25, 0.3) is 11.8 Å². The Bertz CT molecular complexity index is 3410. The number of aliphatic hydroxyl groups is 6. The molecule has 22 nitrogen and oxygen atoms in total. The van der Waals surface area contributed by atoms with Crippen molar-refractivity contribution in [1.82, 2.24) is 19.6 Å². The van der Waals surface area contributed by atoms with E-state index >= 15 is 0 Å². The van der Waals surface area contributed by atoms with Gasteiger partial charge in [-0.15, -0.1) is 0 Å². The number of phenols is 2. The van der Waals surface area contributed by atoms with Gasteiger partial charge in [-0.1, -0.05) is 0 Å². The molecule has 7 aliphatic carbocycles. The minimum atomic E-state index is -4.89. The minimum Gasteiger partial charge on any atom is -0.508 e. The summed E-state index contributed by atoms with van der Waals surface area (Å²) in [6.45, 7) is 3.44. The maximum absolute atomic E-state index is 15.0. The molecule has 0 spiro atoms. The lowest BCUT2D eigenvalue weighted by atomic mass is 9.57. The SMILES string of the molecule is CN(C)[C@@H]1C(=O)C(C(N)=O)=C(O)[C@@]2(O)C(=O)C3=C(O)c4c(O)cc(CN(CC5CC5)CC5CCOC5)c(C(F)(F)F)c4C[C@H]3C[C@@H]12.CN(C)[C@@H]1C(=O)C(C(N)=O)=C(O)[C@@]2(O)C(=O)C3=C(O)c4c(O)cc(CN5CCOCC5)c(C(F)(F)F)c4C[C@H]3C[C@@H]12. The number of likely N-dealkylation sites (N-methyl/N-ethyl adjacent to an activating group) is 2. The molecule has 9 atom stereocenters. The highest BCUT2D eigenvalue weighted by Gasteiger charge is 2.66. The Balaban J connectivity index is 0.000000194. The Kier molecular flexibility index (Phi) is 16.4. The van der Waals surface area contributed by atoms with Gasteiger partial charge in [0.2, 0.25) is 11.6 Å². The number of benzene rings is 2. The number of nitrogens with two attached hydrogens (primary N) is 2. The third-order valence-electron chi connectivity index (χ3n) is 18.8. The second kappa shape index (κ2) is 22.6. The molecule has 5 fully saturated rings. The van der Waals surface area contributed by atoms with Gasteiger partial charge in [-0.25, -0.2) is 0 Å². The van der Waals surface area contributed by atoms with Crippen molar-refractivity contribution in [2.45, 2.75) is 93.7 Å². The Morgan fingerprint density at radius 3 is 1.45 bits per heavy atom. The van der Waals surface area contributed by atoms with E-state index in [1.54, 1.807) is 4.90 Å². The molecule has 0 radical (unpaired) electrons. The number of carbonyl (C=O) groups is 6. The van der Waals surface area contributed by atoms with Gasteiger partial charge in [0.15, 0.2) is 22.8 Å². The molecular formula is C59H68F6N6O16. The number of aromatic hydroxyl groups is 2. The number of halogens is 6. The van der Waals surface area contributed by atoms with E-state index in [1.807, 2.05) is 4.90 Å². The van der Waals surface area contributed by atoms with Gasteiger partial charge < -0.3 is 61.8 Å². The number of primary amides is 2. The number of ether oxygens (including phenoxy) is 2. The highest BCUT2D eigenvalue weighted by Crippen LogP contribution is 2.57. The zero-order valence-electron chi connectivity index (χ0n) is 47.8. The summed E-state index contributed by atoms with van der Waals surface area (Å²) < 4.78 is 99.5. The van der Waals surface area contributed by atoms with Gasteiger partial charge in [-0.05, 0) is 131 Å². The van der Waals surface area contributed by atoms with Gasteiger partial charge in [-0.2, -0.15) is 26.3 Å². The van der Waals surface area contributed by atoms with Crippen molar-refractivity contribution >= 4 is 46.5 Å². The quantitative estimate of drug-likeness (QED) is 0.108. The van der Waals surface area contributed by atoms with Crippen LogP contribution in [0.15, 0.2) is 45.9 Å². The third-order valence-corrected chi connectivity index (χ3v) is 18.8. The van der Waals surface area contributed by atoms with Crippen LogP contribution in [0.1, 0.15) is 76.6 Å². The highest BCUT2D eigenvalue weighted by atomic mass is 19.4. The van der Waals surface area contributed by atoms with Crippen molar-refractivity contribution in [2.75, 3.05) is 80.8 Å². The number of rotatable bonds is 12. The number of fused-ring (bicyclic) bond motifs is 6. The molecule has 1 unspecified atom stereocenters. The molecule has 11 rings (SSSR count). The van der Waals surface area contributed by atoms with E-state index in [0.717, 1.165) is 31.4 Å². The molecule has 2 heterocycles. The normalized spacial score (nSPS) is 29.4. The van der Waals surface area contributed by atoms with Gasteiger partial charge in [0.1, 0.15) is 45.7 Å². The Labute approximate surface area is 493 Å². The minimum absolute atomic E-state index is 0.0994. The topological polar surface area (TPSA) is 348 Å². The maximum atomic E-state index is 15.0. The smallest absolute Gasteiger partial charge is 0.417 e. The molecular weight excluding hydrogens is 1160 g/mol. The first-order valence-electron chi connectivity index (χ1n) is 28.4. The maximum Gasteiger partial charge on any atom is 0.417 e. The second-order valence-corrected chi connectivity index (χ2v) is 24.7. The zero-order valence-corrected chi connectivity index (χ0v) is 47.8. The van der Waals surface area contributed by atoms with Crippen LogP contribution >= 0.6 is 0 Å². The summed E-state index contributed by atoms with van der Waals surface area (Å²) >= 11 is 0. The molecule has 2 aliphatic heterocycles. The lowest BCUT2D eigenvalue weighted by Crippen LogP contribution is -2.65. The van der Waals surface area contributed by atoms with Gasteiger partial charge in [0.05, 0.1) is 54.2 Å². The molecule has 87 heavy (non-hydrogen) atoms. The van der Waals surface area contributed by atoms with E-state index in [2.05, 4.69) is 0 Å². The number of Topliss-reactive ketones (excluding diaryl/α,β-unsaturated/α-hetero) is 4. The first-order chi connectivity index (χ1) is 40.6. The van der Waals surface area contributed by atoms with Crippen LogP contribution in [0.25, 0.3) is 11.5 Å². The number of morpholine rings is 1. The lowest BCUT2D eigenvalue weighted by Gasteiger charge is -2.50. The summed E-state index contributed by atoms with van der Waals surface area (Å²) in [6, 6.07) is -0.799. The summed E-state index contributed by atoms with van der Waals surface area (Å²) in [5.74, 6) is -17.5. The highest BCUT2D eigenvalue weighted by molar-refractivity contribution is 6.25. The van der Waals surface area contributed by atoms with Crippen LogP contribution in [0.2, 0.25) is 0 Å². The van der Waals surface area contributed by atoms with Crippen molar-refractivity contribution < 1.29 is 105 Å². The number of phenolic OH excluding ortho intramolecular Hbond substituents is 2. The summed E-state index contributed by atoms with van der Waals surface area (Å²) in [7, 11) is 5.77. The van der Waals surface area contributed by atoms with E-state index in [0.29, 0.717) is 58.5 Å². The van der Waals surface area contributed by atoms with Crippen molar-refractivity contribution in [2.24, 2.45) is 47.0 Å². The Hall–Kier alpha value is -6.92. The van der Waals surface area contributed by atoms with E-state index in [9.17, 15) is 96.0 Å². The molecule has 0 bridgehead atoms. The Morgan fingerprint density at radius 2 is 1.06 bits per heavy atom. The van der Waals surface area contributed by atoms with Gasteiger partial charge >= 0.3 is 12.4 Å². The second-order valence-electron chi connectivity index (χ2n) is 24.7. The molecule has 0 aromatic heterocycles. The summed E-state index contributed by atoms with van der Waals surface area (Å²) in [6.07, 6.45) is -8.50. The standard InChI is InChI=1S/C32H38F3N3O8.C27H30F3N3O8/c1-37(2)25-19-8-16-7-18-22(26(40)21(16)28(42)31(19,45)29(43)23(27(25)41)30(36)44)20(39)9-17(24(18)32(33,34)35)12-38(10-14-3-4-14)11-15-5-6-46-13-15;1-32(2)20-14-8-11-7-13-17(15(34)9-12(19(13)27(28,29)30)10-33-3-5-41-6-4-33)21(35)16(11)23(37)26(14,40)24(38)18(22(20)36)25(31)39/h9,14-16,19,25,39-40,43,45H,3-8,10-13H2,1-2H3,(H2,36,44);9,11,14,20,34-35,38,40H,3-8,10H2,1-2H3,(H2,31,39)/t15?,16-,19-,25-,31-;11-,14-,20-,26-/m00/s1. The average molecular weight is 1230 g/mol. The Morgan fingerprint density at radius 1 is 0.632 bits per heavy atom. The number of nitrogens with zero attached hydrogens (tertiary/aromatic N) is 4. The van der Waals surface area contributed by atoms with Crippen LogP contribution in [0.5, 0.6) is 11.5 Å². The van der Waals surface area contributed by atoms with E-state index in [4.69, 9.17) is 20.9 Å². The number of aliphatic hydroxyl groups excluding tert-OH is 4. The van der Waals surface area contributed by atoms with Crippen molar-refractivity contribution in [3.63, 3.8) is 0 Å². The van der Waals surface area contributed by atoms with Crippen LogP contribution in [0.4, 0.5) is 26.3 Å². The van der Waals surface area contributed by atoms with Crippen LogP contribution in [0, 0.1) is 35.5 Å². The van der Waals surface area contributed by atoms with Crippen LogP contribution < -0.4 is 11.5 Å². The molecule has 2 amide bonds. The fourth-order valence-corrected chi connectivity index (χ4v) is 14.9. The molecule has 12 N–H and O–H groups in total. The number of alkyl halides is 6. The van der Waals surface area contributed by atoms with E-state index in [-0.39, 0.29) is 48.5 Å². The largest absolute Gasteiger partial charge is 0.508 e. The predicted molar refractivity (Wildman–Crippen MR) is 292 cm³/mol. The number of hydrogen-bond donors (Lipinski definition) is 10. The van der Waals surface area contributed by atoms with Crippen molar-refractivity contribution in [3.8, 4) is 11.5 Å².